The van der Waals surface area contributed by atoms with E-state index in [1.54, 1.807) is 24.3 Å². The highest BCUT2D eigenvalue weighted by Gasteiger charge is 2.37. The van der Waals surface area contributed by atoms with E-state index >= 15 is 0 Å². The third kappa shape index (κ3) is 3.03. The molecule has 0 radical (unpaired) electrons. The fourth-order valence-electron chi connectivity index (χ4n) is 1.80. The molecule has 0 N–H and O–H groups in total. The Bertz CT molecular complexity index is 601. The molecule has 1 heterocycles. The van der Waals surface area contributed by atoms with Crippen molar-refractivity contribution in [2.45, 2.75) is 26.3 Å². The van der Waals surface area contributed by atoms with Gasteiger partial charge in [0.05, 0.1) is 15.0 Å². The standard InChI is InChI=1S/C14H13Cl2NO2S/c1-3-8(2)17-13(18)12(20-14(17)19)7-9-4-5-10(15)11(16)6-9/h4-8H,3H2,1-2H3/b12-7+/t8-/m0/s1. The molecule has 1 fully saturated rings. The number of hydrogen-bond acceptors (Lipinski definition) is 3. The van der Waals surface area contributed by atoms with Crippen molar-refractivity contribution in [1.82, 2.24) is 4.90 Å². The van der Waals surface area contributed by atoms with Crippen LogP contribution in [-0.2, 0) is 4.79 Å². The van der Waals surface area contributed by atoms with Gasteiger partial charge in [-0.3, -0.25) is 14.5 Å². The van der Waals surface area contributed by atoms with Crippen molar-refractivity contribution in [2.75, 3.05) is 0 Å². The topological polar surface area (TPSA) is 37.4 Å². The van der Waals surface area contributed by atoms with E-state index in [-0.39, 0.29) is 17.2 Å². The minimum atomic E-state index is -0.250. The Morgan fingerprint density at radius 1 is 1.30 bits per heavy atom. The molecule has 1 aliphatic heterocycles. The van der Waals surface area contributed by atoms with Crippen LogP contribution in [0.15, 0.2) is 23.1 Å². The largest absolute Gasteiger partial charge is 0.293 e. The number of nitrogens with zero attached hydrogens (tertiary/aromatic N) is 1. The molecule has 0 spiro atoms. The van der Waals surface area contributed by atoms with Gasteiger partial charge in [-0.25, -0.2) is 0 Å². The number of rotatable bonds is 3. The summed E-state index contributed by atoms with van der Waals surface area (Å²) in [4.78, 5) is 25.8. The molecule has 1 atom stereocenters. The summed E-state index contributed by atoms with van der Waals surface area (Å²) < 4.78 is 0. The van der Waals surface area contributed by atoms with Crippen LogP contribution in [0.3, 0.4) is 0 Å². The highest BCUT2D eigenvalue weighted by molar-refractivity contribution is 8.18. The molecule has 3 nitrogen and oxygen atoms in total. The van der Waals surface area contributed by atoms with Gasteiger partial charge >= 0.3 is 0 Å². The quantitative estimate of drug-likeness (QED) is 0.745. The molecule has 1 aromatic carbocycles. The van der Waals surface area contributed by atoms with Gasteiger partial charge < -0.3 is 0 Å². The van der Waals surface area contributed by atoms with E-state index in [1.807, 2.05) is 13.8 Å². The van der Waals surface area contributed by atoms with Crippen molar-refractivity contribution in [3.63, 3.8) is 0 Å². The van der Waals surface area contributed by atoms with Crippen molar-refractivity contribution in [1.29, 1.82) is 0 Å². The maximum absolute atomic E-state index is 12.2. The van der Waals surface area contributed by atoms with Gasteiger partial charge in [0.25, 0.3) is 11.1 Å². The number of carbonyl (C=O) groups is 2. The smallest absolute Gasteiger partial charge is 0.268 e. The molecule has 0 bridgehead atoms. The van der Waals surface area contributed by atoms with Crippen LogP contribution in [0, 0.1) is 0 Å². The van der Waals surface area contributed by atoms with E-state index in [4.69, 9.17) is 23.2 Å². The highest BCUT2D eigenvalue weighted by Crippen LogP contribution is 2.34. The highest BCUT2D eigenvalue weighted by atomic mass is 35.5. The predicted molar refractivity (Wildman–Crippen MR) is 84.0 cm³/mol. The Kier molecular flexibility index (Phi) is 4.78. The zero-order chi connectivity index (χ0) is 14.9. The maximum Gasteiger partial charge on any atom is 0.293 e. The summed E-state index contributed by atoms with van der Waals surface area (Å²) in [5.41, 5.74) is 0.744. The summed E-state index contributed by atoms with van der Waals surface area (Å²) >= 11 is 12.7. The van der Waals surface area contributed by atoms with Gasteiger partial charge in [0.1, 0.15) is 0 Å². The van der Waals surface area contributed by atoms with Gasteiger partial charge in [0, 0.05) is 6.04 Å². The van der Waals surface area contributed by atoms with Crippen molar-refractivity contribution >= 4 is 52.2 Å². The lowest BCUT2D eigenvalue weighted by Gasteiger charge is -2.19. The minimum absolute atomic E-state index is 0.0952. The van der Waals surface area contributed by atoms with E-state index in [9.17, 15) is 9.59 Å². The van der Waals surface area contributed by atoms with Gasteiger partial charge in [-0.15, -0.1) is 0 Å². The van der Waals surface area contributed by atoms with Gasteiger partial charge in [-0.05, 0) is 48.9 Å². The molecule has 6 heteroatoms. The zero-order valence-electron chi connectivity index (χ0n) is 11.0. The summed E-state index contributed by atoms with van der Waals surface area (Å²) in [5.74, 6) is -0.250. The van der Waals surface area contributed by atoms with Crippen LogP contribution in [0.1, 0.15) is 25.8 Å². The summed E-state index contributed by atoms with van der Waals surface area (Å²) in [5, 5.41) is 0.647. The molecule has 106 valence electrons. The number of thioether (sulfide) groups is 1. The number of carbonyl (C=O) groups excluding carboxylic acids is 2. The normalized spacial score (nSPS) is 19.0. The van der Waals surface area contributed by atoms with Crippen molar-refractivity contribution in [2.24, 2.45) is 0 Å². The molecule has 1 aliphatic rings. The predicted octanol–water partition coefficient (Wildman–Crippen LogP) is 4.83. The second-order valence-corrected chi connectivity index (χ2v) is 6.29. The molecule has 0 aromatic heterocycles. The zero-order valence-corrected chi connectivity index (χ0v) is 13.4. The third-order valence-corrected chi connectivity index (χ3v) is 4.72. The second kappa shape index (κ2) is 6.20. The average Bonchev–Trinajstić information content (AvgIpc) is 2.68. The van der Waals surface area contributed by atoms with Crippen LogP contribution in [0.25, 0.3) is 6.08 Å². The number of amides is 2. The summed E-state index contributed by atoms with van der Waals surface area (Å²) in [6, 6.07) is 4.99. The SMILES string of the molecule is CC[C@H](C)N1C(=O)S/C(=C/c2ccc(Cl)c(Cl)c2)C1=O. The van der Waals surface area contributed by atoms with E-state index in [0.29, 0.717) is 15.0 Å². The van der Waals surface area contributed by atoms with Crippen LogP contribution in [-0.4, -0.2) is 22.1 Å². The maximum atomic E-state index is 12.2. The van der Waals surface area contributed by atoms with E-state index in [0.717, 1.165) is 23.7 Å². The number of imide groups is 1. The first kappa shape index (κ1) is 15.4. The van der Waals surface area contributed by atoms with Crippen LogP contribution in [0.5, 0.6) is 0 Å². The van der Waals surface area contributed by atoms with E-state index in [1.165, 1.54) is 4.90 Å². The third-order valence-electron chi connectivity index (χ3n) is 3.10. The van der Waals surface area contributed by atoms with Crippen LogP contribution in [0.4, 0.5) is 4.79 Å². The first-order valence-corrected chi connectivity index (χ1v) is 7.73. The molecule has 2 amide bonds. The minimum Gasteiger partial charge on any atom is -0.268 e. The fraction of sp³-hybridized carbons (Fsp3) is 0.286. The Labute approximate surface area is 131 Å². The molecular weight excluding hydrogens is 317 g/mol. The molecule has 0 unspecified atom stereocenters. The Morgan fingerprint density at radius 2 is 2.00 bits per heavy atom. The van der Waals surface area contributed by atoms with E-state index in [2.05, 4.69) is 0 Å². The molecule has 0 saturated carbocycles. The molecule has 2 rings (SSSR count). The lowest BCUT2D eigenvalue weighted by molar-refractivity contribution is -0.124. The second-order valence-electron chi connectivity index (χ2n) is 4.48. The molecule has 1 saturated heterocycles. The molecule has 0 aliphatic carbocycles. The summed E-state index contributed by atoms with van der Waals surface area (Å²) in [7, 11) is 0. The summed E-state index contributed by atoms with van der Waals surface area (Å²) in [6.07, 6.45) is 2.40. The van der Waals surface area contributed by atoms with Gasteiger partial charge in [-0.1, -0.05) is 36.2 Å². The Morgan fingerprint density at radius 3 is 2.60 bits per heavy atom. The Balaban J connectivity index is 2.30. The first-order valence-electron chi connectivity index (χ1n) is 6.16. The monoisotopic (exact) mass is 329 g/mol. The molecule has 1 aromatic rings. The van der Waals surface area contributed by atoms with Crippen LogP contribution >= 0.6 is 35.0 Å². The van der Waals surface area contributed by atoms with Crippen molar-refractivity contribution in [3.05, 3.63) is 38.7 Å². The lowest BCUT2D eigenvalue weighted by atomic mass is 10.2. The van der Waals surface area contributed by atoms with Crippen molar-refractivity contribution in [3.8, 4) is 0 Å². The molecule has 20 heavy (non-hydrogen) atoms. The summed E-state index contributed by atoms with van der Waals surface area (Å²) in [6.45, 7) is 3.80. The fourth-order valence-corrected chi connectivity index (χ4v) is 3.03. The number of hydrogen-bond donors (Lipinski definition) is 0. The van der Waals surface area contributed by atoms with Crippen LogP contribution < -0.4 is 0 Å². The van der Waals surface area contributed by atoms with Gasteiger partial charge in [0.15, 0.2) is 0 Å². The number of halogens is 2. The first-order chi connectivity index (χ1) is 9.43. The van der Waals surface area contributed by atoms with Crippen molar-refractivity contribution < 1.29 is 9.59 Å². The lowest BCUT2D eigenvalue weighted by Crippen LogP contribution is -2.36. The average molecular weight is 330 g/mol. The van der Waals surface area contributed by atoms with E-state index < -0.39 is 0 Å². The number of benzene rings is 1. The molecular formula is C14H13Cl2NO2S. The Hall–Kier alpha value is -0.970. The van der Waals surface area contributed by atoms with Gasteiger partial charge in [-0.2, -0.15) is 0 Å². The van der Waals surface area contributed by atoms with Gasteiger partial charge in [0.2, 0.25) is 0 Å². The van der Waals surface area contributed by atoms with Crippen LogP contribution in [0.2, 0.25) is 10.0 Å².